The minimum atomic E-state index is -0.177. The molecular formula is C25H29N5O2S. The summed E-state index contributed by atoms with van der Waals surface area (Å²) in [5.74, 6) is 0.229. The molecule has 7 nitrogen and oxygen atoms in total. The van der Waals surface area contributed by atoms with Gasteiger partial charge in [0.25, 0.3) is 0 Å². The van der Waals surface area contributed by atoms with Crippen molar-refractivity contribution in [3.63, 3.8) is 0 Å². The highest BCUT2D eigenvalue weighted by molar-refractivity contribution is 7.80. The van der Waals surface area contributed by atoms with Gasteiger partial charge < -0.3 is 20.9 Å². The maximum Gasteiger partial charge on any atom is 0.237 e. The van der Waals surface area contributed by atoms with E-state index in [2.05, 4.69) is 26.9 Å². The molecule has 3 N–H and O–H groups in total. The number of fused-ring (bicyclic) bond motifs is 2. The maximum absolute atomic E-state index is 13.0. The zero-order valence-electron chi connectivity index (χ0n) is 18.5. The van der Waals surface area contributed by atoms with Crippen LogP contribution in [0, 0.1) is 0 Å². The second-order valence-corrected chi connectivity index (χ2v) is 9.38. The number of anilines is 2. The molecule has 172 valence electrons. The summed E-state index contributed by atoms with van der Waals surface area (Å²) in [7, 11) is 0. The largest absolute Gasteiger partial charge is 0.358 e. The van der Waals surface area contributed by atoms with Crippen molar-refractivity contribution in [2.24, 2.45) is 0 Å². The number of hydrogen-bond donors (Lipinski definition) is 3. The van der Waals surface area contributed by atoms with Crippen LogP contribution in [0.4, 0.5) is 11.4 Å². The molecule has 2 fully saturated rings. The fourth-order valence-corrected chi connectivity index (χ4v) is 5.53. The third kappa shape index (κ3) is 4.72. The van der Waals surface area contributed by atoms with Gasteiger partial charge in [0.1, 0.15) is 0 Å². The van der Waals surface area contributed by atoms with E-state index in [1.807, 2.05) is 53.4 Å². The van der Waals surface area contributed by atoms with Crippen LogP contribution in [0.15, 0.2) is 54.6 Å². The van der Waals surface area contributed by atoms with Crippen LogP contribution in [0.25, 0.3) is 0 Å². The molecule has 3 aliphatic rings. The zero-order valence-corrected chi connectivity index (χ0v) is 19.3. The molecule has 3 aliphatic heterocycles. The van der Waals surface area contributed by atoms with Crippen LogP contribution in [0.1, 0.15) is 24.8 Å². The molecule has 0 bridgehead atoms. The van der Waals surface area contributed by atoms with Crippen molar-refractivity contribution in [3.05, 3.63) is 60.2 Å². The van der Waals surface area contributed by atoms with Gasteiger partial charge in [0, 0.05) is 49.5 Å². The highest BCUT2D eigenvalue weighted by Crippen LogP contribution is 2.30. The van der Waals surface area contributed by atoms with E-state index >= 15 is 0 Å². The number of para-hydroxylation sites is 2. The number of piperazine rings is 1. The third-order valence-corrected chi connectivity index (χ3v) is 7.09. The second-order valence-electron chi connectivity index (χ2n) is 8.97. The quantitative estimate of drug-likeness (QED) is 0.591. The minimum absolute atomic E-state index is 0.0669. The van der Waals surface area contributed by atoms with Crippen molar-refractivity contribution in [2.75, 3.05) is 29.9 Å². The predicted molar refractivity (Wildman–Crippen MR) is 133 cm³/mol. The van der Waals surface area contributed by atoms with Gasteiger partial charge in [0.2, 0.25) is 11.8 Å². The Kier molecular flexibility index (Phi) is 6.28. The van der Waals surface area contributed by atoms with Crippen LogP contribution >= 0.6 is 12.2 Å². The second kappa shape index (κ2) is 9.49. The molecule has 0 unspecified atom stereocenters. The Morgan fingerprint density at radius 2 is 1.91 bits per heavy atom. The van der Waals surface area contributed by atoms with Gasteiger partial charge in [-0.25, -0.2) is 0 Å². The summed E-state index contributed by atoms with van der Waals surface area (Å²) < 4.78 is 0. The summed E-state index contributed by atoms with van der Waals surface area (Å²) in [5.41, 5.74) is 3.22. The predicted octanol–water partition coefficient (Wildman–Crippen LogP) is 2.28. The summed E-state index contributed by atoms with van der Waals surface area (Å²) in [4.78, 5) is 29.7. The fraction of sp³-hybridized carbons (Fsp3) is 0.400. The van der Waals surface area contributed by atoms with Gasteiger partial charge in [-0.2, -0.15) is 0 Å². The summed E-state index contributed by atoms with van der Waals surface area (Å²) in [6.07, 6.45) is 2.82. The smallest absolute Gasteiger partial charge is 0.237 e. The minimum Gasteiger partial charge on any atom is -0.358 e. The van der Waals surface area contributed by atoms with Crippen LogP contribution in [0.3, 0.4) is 0 Å². The molecule has 33 heavy (non-hydrogen) atoms. The number of hydrogen-bond acceptors (Lipinski definition) is 4. The van der Waals surface area contributed by atoms with Crippen molar-refractivity contribution >= 4 is 40.5 Å². The Bertz CT molecular complexity index is 1050. The lowest BCUT2D eigenvalue weighted by Gasteiger charge is -2.37. The number of rotatable bonds is 5. The number of carbonyl (C=O) groups excluding carboxylic acids is 2. The van der Waals surface area contributed by atoms with Crippen LogP contribution < -0.4 is 20.9 Å². The van der Waals surface area contributed by atoms with Crippen molar-refractivity contribution in [1.29, 1.82) is 0 Å². The first kappa shape index (κ1) is 21.9. The lowest BCUT2D eigenvalue weighted by Crippen LogP contribution is -2.58. The lowest BCUT2D eigenvalue weighted by molar-refractivity contribution is -0.129. The Balaban J connectivity index is 1.17. The van der Waals surface area contributed by atoms with Crippen molar-refractivity contribution in [2.45, 2.75) is 43.8 Å². The molecule has 8 heteroatoms. The van der Waals surface area contributed by atoms with E-state index in [9.17, 15) is 9.59 Å². The summed E-state index contributed by atoms with van der Waals surface area (Å²) in [6, 6.07) is 18.0. The molecule has 3 atom stereocenters. The molecule has 5 rings (SSSR count). The van der Waals surface area contributed by atoms with Crippen molar-refractivity contribution < 1.29 is 9.59 Å². The Morgan fingerprint density at radius 1 is 1.12 bits per heavy atom. The molecule has 0 spiro atoms. The number of thiocarbonyl (C=S) groups is 1. The first-order valence-electron chi connectivity index (χ1n) is 11.6. The van der Waals surface area contributed by atoms with E-state index in [4.69, 9.17) is 12.2 Å². The van der Waals surface area contributed by atoms with Gasteiger partial charge in [-0.05, 0) is 55.2 Å². The zero-order chi connectivity index (χ0) is 22.8. The van der Waals surface area contributed by atoms with Crippen molar-refractivity contribution in [1.82, 2.24) is 15.5 Å². The molecule has 2 amide bonds. The topological polar surface area (TPSA) is 76.7 Å². The number of benzene rings is 2. The Labute approximate surface area is 199 Å². The van der Waals surface area contributed by atoms with E-state index < -0.39 is 0 Å². The summed E-state index contributed by atoms with van der Waals surface area (Å²) >= 11 is 5.48. The molecule has 2 saturated heterocycles. The number of nitrogens with zero attached hydrogens (tertiary/aromatic N) is 2. The highest BCUT2D eigenvalue weighted by Gasteiger charge is 2.43. The van der Waals surface area contributed by atoms with Gasteiger partial charge in [0.05, 0.1) is 6.04 Å². The van der Waals surface area contributed by atoms with Crippen LogP contribution in [-0.2, 0) is 16.0 Å². The van der Waals surface area contributed by atoms with E-state index in [-0.39, 0.29) is 29.9 Å². The molecule has 0 aliphatic carbocycles. The van der Waals surface area contributed by atoms with Gasteiger partial charge in [-0.3, -0.25) is 14.5 Å². The Morgan fingerprint density at radius 3 is 2.76 bits per heavy atom. The highest BCUT2D eigenvalue weighted by atomic mass is 32.1. The molecule has 0 aromatic heterocycles. The molecule has 0 saturated carbocycles. The molecule has 2 aromatic carbocycles. The van der Waals surface area contributed by atoms with E-state index in [0.717, 1.165) is 37.3 Å². The standard InChI is InChI=1S/C25H29N5O2S/c31-23(29-13-12-17-6-4-5-9-21(17)29)11-10-20-15-26-24(32)22-14-19(16-30(20)22)28-25(33)27-18-7-2-1-3-8-18/h1-9,19-20,22H,10-16H2,(H,26,32)(H2,27,28,33)/t19-,20+,22-/m0/s1. The van der Waals surface area contributed by atoms with Crippen LogP contribution in [-0.4, -0.2) is 59.6 Å². The maximum atomic E-state index is 13.0. The first-order valence-corrected chi connectivity index (χ1v) is 12.0. The average Bonchev–Trinajstić information content (AvgIpc) is 3.44. The fourth-order valence-electron chi connectivity index (χ4n) is 5.24. The third-order valence-electron chi connectivity index (χ3n) is 6.87. The van der Waals surface area contributed by atoms with Gasteiger partial charge in [-0.1, -0.05) is 36.4 Å². The van der Waals surface area contributed by atoms with Crippen LogP contribution in [0.5, 0.6) is 0 Å². The van der Waals surface area contributed by atoms with Gasteiger partial charge in [0.15, 0.2) is 5.11 Å². The molecular weight excluding hydrogens is 434 g/mol. The first-order chi connectivity index (χ1) is 16.1. The van der Waals surface area contributed by atoms with Gasteiger partial charge in [-0.15, -0.1) is 0 Å². The van der Waals surface area contributed by atoms with E-state index in [1.165, 1.54) is 5.56 Å². The van der Waals surface area contributed by atoms with Crippen molar-refractivity contribution in [3.8, 4) is 0 Å². The molecule has 2 aromatic rings. The van der Waals surface area contributed by atoms with Crippen LogP contribution in [0.2, 0.25) is 0 Å². The molecule has 0 radical (unpaired) electrons. The lowest BCUT2D eigenvalue weighted by atomic mass is 10.0. The molecule has 3 heterocycles. The summed E-state index contributed by atoms with van der Waals surface area (Å²) in [6.45, 7) is 2.07. The van der Waals surface area contributed by atoms with E-state index in [1.54, 1.807) is 0 Å². The van der Waals surface area contributed by atoms with E-state index in [0.29, 0.717) is 24.5 Å². The number of carbonyl (C=O) groups is 2. The Hall–Kier alpha value is -2.97. The summed E-state index contributed by atoms with van der Waals surface area (Å²) in [5, 5.41) is 10.2. The van der Waals surface area contributed by atoms with Gasteiger partial charge >= 0.3 is 0 Å². The average molecular weight is 464 g/mol. The normalized spacial score (nSPS) is 24.1. The monoisotopic (exact) mass is 463 g/mol. The number of amides is 2. The number of nitrogens with one attached hydrogen (secondary N) is 3. The SMILES string of the molecule is O=C1NC[C@@H](CCC(=O)N2CCc3ccccc32)N2C[C@@H](NC(=S)Nc3ccccc3)C[C@@H]12.